The van der Waals surface area contributed by atoms with Gasteiger partial charge in [0.1, 0.15) is 17.6 Å². The molecule has 3 fully saturated rings. The number of nitrogens with zero attached hydrogens (tertiary/aromatic N) is 4. The molecular formula is C14H16F3N5. The van der Waals surface area contributed by atoms with Crippen molar-refractivity contribution >= 4 is 5.82 Å². The maximum atomic E-state index is 12.7. The monoisotopic (exact) mass is 311 g/mol. The van der Waals surface area contributed by atoms with Gasteiger partial charge in [0.25, 0.3) is 0 Å². The summed E-state index contributed by atoms with van der Waals surface area (Å²) in [6.45, 7) is 5.43. The third-order valence-electron chi connectivity index (χ3n) is 4.20. The van der Waals surface area contributed by atoms with Gasteiger partial charge in [-0.15, -0.1) is 0 Å². The Morgan fingerprint density at radius 3 is 2.55 bits per heavy atom. The molecule has 1 unspecified atom stereocenters. The minimum absolute atomic E-state index is 0.00923. The van der Waals surface area contributed by atoms with Crippen molar-refractivity contribution in [1.29, 1.82) is 5.26 Å². The van der Waals surface area contributed by atoms with Crippen LogP contribution >= 0.6 is 0 Å². The van der Waals surface area contributed by atoms with Crippen LogP contribution in [0.3, 0.4) is 0 Å². The van der Waals surface area contributed by atoms with Gasteiger partial charge in [0.2, 0.25) is 0 Å². The largest absolute Gasteiger partial charge is 0.433 e. The highest BCUT2D eigenvalue weighted by Gasteiger charge is 2.34. The van der Waals surface area contributed by atoms with E-state index in [0.717, 1.165) is 44.9 Å². The number of aromatic nitrogens is 1. The maximum Gasteiger partial charge on any atom is 0.433 e. The van der Waals surface area contributed by atoms with Gasteiger partial charge in [0.15, 0.2) is 0 Å². The van der Waals surface area contributed by atoms with E-state index in [-0.39, 0.29) is 17.4 Å². The third-order valence-corrected chi connectivity index (χ3v) is 4.20. The molecule has 0 aromatic carbocycles. The molecule has 1 aromatic rings. The molecule has 3 saturated heterocycles. The molecule has 3 aliphatic rings. The van der Waals surface area contributed by atoms with Gasteiger partial charge in [-0.05, 0) is 12.1 Å². The van der Waals surface area contributed by atoms with Crippen molar-refractivity contribution in [3.8, 4) is 6.07 Å². The van der Waals surface area contributed by atoms with E-state index in [9.17, 15) is 13.2 Å². The van der Waals surface area contributed by atoms with Gasteiger partial charge in [0.05, 0.1) is 5.56 Å². The number of hydrogen-bond donors (Lipinski definition) is 1. The number of hydrogen-bond acceptors (Lipinski definition) is 5. The lowest BCUT2D eigenvalue weighted by atomic mass is 10.1. The number of pyridine rings is 1. The first-order valence-electron chi connectivity index (χ1n) is 7.16. The van der Waals surface area contributed by atoms with Crippen LogP contribution in [0.15, 0.2) is 12.1 Å². The second-order valence-corrected chi connectivity index (χ2v) is 5.57. The summed E-state index contributed by atoms with van der Waals surface area (Å²) in [4.78, 5) is 8.24. The van der Waals surface area contributed by atoms with Crippen LogP contribution in [-0.4, -0.2) is 60.1 Å². The molecule has 2 bridgehead atoms. The third kappa shape index (κ3) is 3.00. The van der Waals surface area contributed by atoms with Gasteiger partial charge in [-0.1, -0.05) is 0 Å². The number of fused-ring (bicyclic) bond motifs is 3. The molecule has 0 aliphatic carbocycles. The minimum Gasteiger partial charge on any atom is -0.367 e. The Morgan fingerprint density at radius 1 is 1.27 bits per heavy atom. The van der Waals surface area contributed by atoms with Crippen molar-refractivity contribution in [3.05, 3.63) is 23.4 Å². The maximum absolute atomic E-state index is 12.7. The van der Waals surface area contributed by atoms with E-state index >= 15 is 0 Å². The summed E-state index contributed by atoms with van der Waals surface area (Å²) in [6, 6.07) is 4.12. The van der Waals surface area contributed by atoms with Gasteiger partial charge >= 0.3 is 6.18 Å². The average molecular weight is 311 g/mol. The quantitative estimate of drug-likeness (QED) is 0.914. The van der Waals surface area contributed by atoms with E-state index < -0.39 is 11.9 Å². The predicted octanol–water partition coefficient (Wildman–Crippen LogP) is 1.38. The molecular weight excluding hydrogens is 295 g/mol. The SMILES string of the molecule is N#Cc1ccc(C(F)(F)F)nc1NCC1CN2CCN1CC2. The fourth-order valence-corrected chi connectivity index (χ4v) is 2.97. The number of piperazine rings is 3. The molecule has 0 radical (unpaired) electrons. The number of halogens is 3. The van der Waals surface area contributed by atoms with Crippen LogP contribution < -0.4 is 5.32 Å². The van der Waals surface area contributed by atoms with Crippen LogP contribution in [0.2, 0.25) is 0 Å². The zero-order valence-corrected chi connectivity index (χ0v) is 11.9. The molecule has 0 saturated carbocycles. The molecule has 3 aliphatic heterocycles. The minimum atomic E-state index is -4.51. The fourth-order valence-electron chi connectivity index (χ4n) is 2.97. The van der Waals surface area contributed by atoms with E-state index in [0.29, 0.717) is 6.54 Å². The number of nitriles is 1. The first-order chi connectivity index (χ1) is 10.5. The first-order valence-corrected chi connectivity index (χ1v) is 7.16. The summed E-state index contributed by atoms with van der Waals surface area (Å²) in [5.74, 6) is 0.00923. The Kier molecular flexibility index (Phi) is 3.93. The van der Waals surface area contributed by atoms with Crippen LogP contribution in [0.4, 0.5) is 19.0 Å². The summed E-state index contributed by atoms with van der Waals surface area (Å²) < 4.78 is 38.2. The van der Waals surface area contributed by atoms with Gasteiger partial charge in [0, 0.05) is 45.3 Å². The van der Waals surface area contributed by atoms with Gasteiger partial charge in [-0.25, -0.2) is 4.98 Å². The lowest BCUT2D eigenvalue weighted by Crippen LogP contribution is -2.62. The predicted molar refractivity (Wildman–Crippen MR) is 74.2 cm³/mol. The van der Waals surface area contributed by atoms with Gasteiger partial charge in [-0.3, -0.25) is 9.80 Å². The van der Waals surface area contributed by atoms with E-state index in [1.807, 2.05) is 6.07 Å². The molecule has 4 rings (SSSR count). The van der Waals surface area contributed by atoms with E-state index in [1.165, 1.54) is 0 Å². The fraction of sp³-hybridized carbons (Fsp3) is 0.571. The summed E-state index contributed by atoms with van der Waals surface area (Å²) in [5, 5.41) is 12.0. The molecule has 22 heavy (non-hydrogen) atoms. The van der Waals surface area contributed by atoms with Crippen molar-refractivity contribution in [3.63, 3.8) is 0 Å². The first kappa shape index (κ1) is 15.1. The van der Waals surface area contributed by atoms with Crippen molar-refractivity contribution in [2.75, 3.05) is 44.6 Å². The van der Waals surface area contributed by atoms with Crippen LogP contribution in [0.1, 0.15) is 11.3 Å². The van der Waals surface area contributed by atoms with Gasteiger partial charge in [-0.2, -0.15) is 18.4 Å². The standard InChI is InChI=1S/C14H16F3N5/c15-14(16,17)12-2-1-10(7-18)13(20-12)19-8-11-9-21-3-5-22(11)6-4-21/h1-2,11H,3-6,8-9H2,(H,19,20). The zero-order chi connectivity index (χ0) is 15.7. The second-order valence-electron chi connectivity index (χ2n) is 5.57. The van der Waals surface area contributed by atoms with E-state index in [4.69, 9.17) is 5.26 Å². The Labute approximate surface area is 126 Å². The highest BCUT2D eigenvalue weighted by molar-refractivity contribution is 5.52. The smallest absolute Gasteiger partial charge is 0.367 e. The molecule has 8 heteroatoms. The molecule has 5 nitrogen and oxygen atoms in total. The Bertz CT molecular complexity index is 587. The van der Waals surface area contributed by atoms with Crippen molar-refractivity contribution in [1.82, 2.24) is 14.8 Å². The van der Waals surface area contributed by atoms with E-state index in [2.05, 4.69) is 20.1 Å². The number of anilines is 1. The Hall–Kier alpha value is -1.85. The summed E-state index contributed by atoms with van der Waals surface area (Å²) >= 11 is 0. The number of alkyl halides is 3. The molecule has 4 heterocycles. The van der Waals surface area contributed by atoms with Crippen LogP contribution in [0.5, 0.6) is 0 Å². The molecule has 0 spiro atoms. The Balaban J connectivity index is 1.73. The molecule has 118 valence electrons. The highest BCUT2D eigenvalue weighted by atomic mass is 19.4. The van der Waals surface area contributed by atoms with Crippen molar-refractivity contribution in [2.24, 2.45) is 0 Å². The van der Waals surface area contributed by atoms with Gasteiger partial charge < -0.3 is 5.32 Å². The molecule has 1 N–H and O–H groups in total. The number of nitrogens with one attached hydrogen (secondary N) is 1. The van der Waals surface area contributed by atoms with Crippen LogP contribution in [-0.2, 0) is 6.18 Å². The van der Waals surface area contributed by atoms with Crippen LogP contribution in [0, 0.1) is 11.3 Å². The van der Waals surface area contributed by atoms with E-state index in [1.54, 1.807) is 0 Å². The second kappa shape index (κ2) is 5.74. The summed E-state index contributed by atoms with van der Waals surface area (Å²) in [5.41, 5.74) is -0.854. The van der Waals surface area contributed by atoms with Crippen molar-refractivity contribution in [2.45, 2.75) is 12.2 Å². The zero-order valence-electron chi connectivity index (χ0n) is 11.9. The normalized spacial score (nSPS) is 27.5. The van der Waals surface area contributed by atoms with Crippen molar-refractivity contribution < 1.29 is 13.2 Å². The Morgan fingerprint density at radius 2 is 2.00 bits per heavy atom. The molecule has 0 amide bonds. The number of rotatable bonds is 3. The highest BCUT2D eigenvalue weighted by Crippen LogP contribution is 2.29. The summed E-state index contributed by atoms with van der Waals surface area (Å²) in [6.07, 6.45) is -4.51. The summed E-state index contributed by atoms with van der Waals surface area (Å²) in [7, 11) is 0. The van der Waals surface area contributed by atoms with Crippen LogP contribution in [0.25, 0.3) is 0 Å². The lowest BCUT2D eigenvalue weighted by molar-refractivity contribution is -0.141. The molecule has 1 atom stereocenters. The lowest BCUT2D eigenvalue weighted by Gasteiger charge is -2.47. The molecule has 1 aromatic heterocycles. The topological polar surface area (TPSA) is 55.2 Å². The average Bonchev–Trinajstić information content (AvgIpc) is 2.53.